The molecule has 6 heteroatoms. The molecule has 0 bridgehead atoms. The second-order valence-electron chi connectivity index (χ2n) is 5.96. The molecule has 20 heavy (non-hydrogen) atoms. The van der Waals surface area contributed by atoms with E-state index in [1.165, 1.54) is 12.8 Å². The highest BCUT2D eigenvalue weighted by atomic mass is 32.2. The average Bonchev–Trinajstić information content (AvgIpc) is 2.46. The zero-order chi connectivity index (χ0) is 14.4. The minimum Gasteiger partial charge on any atom is -0.317 e. The molecule has 2 saturated heterocycles. The Morgan fingerprint density at radius 2 is 2.00 bits per heavy atom. The summed E-state index contributed by atoms with van der Waals surface area (Å²) >= 11 is 0. The number of nitrogens with zero attached hydrogens (tertiary/aromatic N) is 2. The van der Waals surface area contributed by atoms with Gasteiger partial charge in [0.05, 0.1) is 5.75 Å². The highest BCUT2D eigenvalue weighted by Crippen LogP contribution is 2.22. The van der Waals surface area contributed by atoms with Crippen LogP contribution in [-0.2, 0) is 10.0 Å². The Hall–Kier alpha value is -0.170. The van der Waals surface area contributed by atoms with Crippen LogP contribution in [0.3, 0.4) is 0 Å². The molecule has 2 fully saturated rings. The van der Waals surface area contributed by atoms with Gasteiger partial charge in [-0.2, -0.15) is 4.31 Å². The molecule has 0 amide bonds. The van der Waals surface area contributed by atoms with Crippen LogP contribution in [0.5, 0.6) is 0 Å². The number of hydrogen-bond donors (Lipinski definition) is 1. The van der Waals surface area contributed by atoms with Crippen LogP contribution in [0.2, 0.25) is 0 Å². The Balaban J connectivity index is 1.77. The fourth-order valence-corrected chi connectivity index (χ4v) is 4.72. The van der Waals surface area contributed by atoms with E-state index in [-0.39, 0.29) is 5.75 Å². The highest BCUT2D eigenvalue weighted by molar-refractivity contribution is 7.89. The Morgan fingerprint density at radius 3 is 2.80 bits per heavy atom. The number of nitrogens with one attached hydrogen (secondary N) is 1. The van der Waals surface area contributed by atoms with Crippen LogP contribution in [0.1, 0.15) is 39.0 Å². The number of piperidine rings is 1. The van der Waals surface area contributed by atoms with Gasteiger partial charge in [-0.15, -0.1) is 0 Å². The van der Waals surface area contributed by atoms with Crippen LogP contribution in [0.15, 0.2) is 0 Å². The van der Waals surface area contributed by atoms with Crippen molar-refractivity contribution in [2.75, 3.05) is 45.0 Å². The summed E-state index contributed by atoms with van der Waals surface area (Å²) in [4.78, 5) is 2.47. The lowest BCUT2D eigenvalue weighted by molar-refractivity contribution is 0.0852. The predicted molar refractivity (Wildman–Crippen MR) is 82.3 cm³/mol. The molecule has 1 atom stereocenters. The SMILES string of the molecule is CCCNCCCS(=O)(=O)N1CCN2CCCCC2C1. The predicted octanol–water partition coefficient (Wildman–Crippen LogP) is 0.876. The second-order valence-corrected chi connectivity index (χ2v) is 8.05. The summed E-state index contributed by atoms with van der Waals surface area (Å²) in [5, 5.41) is 3.26. The molecule has 0 aliphatic carbocycles. The van der Waals surface area contributed by atoms with Crippen molar-refractivity contribution >= 4 is 10.0 Å². The van der Waals surface area contributed by atoms with Crippen molar-refractivity contribution in [1.82, 2.24) is 14.5 Å². The molecule has 2 rings (SSSR count). The van der Waals surface area contributed by atoms with Gasteiger partial charge in [0, 0.05) is 25.7 Å². The number of sulfonamides is 1. The van der Waals surface area contributed by atoms with E-state index in [2.05, 4.69) is 17.1 Å². The van der Waals surface area contributed by atoms with Crippen LogP contribution in [0.25, 0.3) is 0 Å². The number of fused-ring (bicyclic) bond motifs is 1. The molecule has 0 aromatic heterocycles. The number of piperazine rings is 1. The van der Waals surface area contributed by atoms with Crippen molar-refractivity contribution in [2.24, 2.45) is 0 Å². The van der Waals surface area contributed by atoms with E-state index in [1.54, 1.807) is 4.31 Å². The van der Waals surface area contributed by atoms with E-state index in [4.69, 9.17) is 0 Å². The van der Waals surface area contributed by atoms with Crippen molar-refractivity contribution in [3.8, 4) is 0 Å². The molecule has 2 aliphatic heterocycles. The van der Waals surface area contributed by atoms with Gasteiger partial charge in [0.25, 0.3) is 0 Å². The summed E-state index contributed by atoms with van der Waals surface area (Å²) in [5.74, 6) is 0.288. The second kappa shape index (κ2) is 7.73. The van der Waals surface area contributed by atoms with Crippen LogP contribution in [-0.4, -0.2) is 68.7 Å². The molecule has 0 saturated carbocycles. The fraction of sp³-hybridized carbons (Fsp3) is 1.00. The van der Waals surface area contributed by atoms with Crippen molar-refractivity contribution in [1.29, 1.82) is 0 Å². The first-order chi connectivity index (χ1) is 9.63. The minimum atomic E-state index is -3.05. The maximum absolute atomic E-state index is 12.4. The third-order valence-corrected chi connectivity index (χ3v) is 6.30. The zero-order valence-electron chi connectivity index (χ0n) is 12.7. The molecule has 0 aromatic rings. The summed E-state index contributed by atoms with van der Waals surface area (Å²) in [6.07, 6.45) is 5.48. The van der Waals surface area contributed by atoms with E-state index >= 15 is 0 Å². The largest absolute Gasteiger partial charge is 0.317 e. The highest BCUT2D eigenvalue weighted by Gasteiger charge is 2.33. The first-order valence-electron chi connectivity index (χ1n) is 8.06. The summed E-state index contributed by atoms with van der Waals surface area (Å²) in [7, 11) is -3.05. The Bertz CT molecular complexity index is 386. The average molecular weight is 303 g/mol. The quantitative estimate of drug-likeness (QED) is 0.709. The van der Waals surface area contributed by atoms with Gasteiger partial charge in [-0.25, -0.2) is 8.42 Å². The maximum Gasteiger partial charge on any atom is 0.214 e. The van der Waals surface area contributed by atoms with Crippen LogP contribution < -0.4 is 5.32 Å². The van der Waals surface area contributed by atoms with Gasteiger partial charge in [-0.3, -0.25) is 4.90 Å². The summed E-state index contributed by atoms with van der Waals surface area (Å²) in [5.41, 5.74) is 0. The van der Waals surface area contributed by atoms with Gasteiger partial charge in [-0.1, -0.05) is 13.3 Å². The monoisotopic (exact) mass is 303 g/mol. The molecule has 1 unspecified atom stereocenters. The zero-order valence-corrected chi connectivity index (χ0v) is 13.5. The summed E-state index contributed by atoms with van der Waals surface area (Å²) in [6, 6.07) is 0.463. The van der Waals surface area contributed by atoms with Gasteiger partial charge in [-0.05, 0) is 45.3 Å². The normalized spacial score (nSPS) is 25.6. The Morgan fingerprint density at radius 1 is 1.15 bits per heavy atom. The molecular weight excluding hydrogens is 274 g/mol. The smallest absolute Gasteiger partial charge is 0.214 e. The molecule has 0 spiro atoms. The van der Waals surface area contributed by atoms with E-state index < -0.39 is 10.0 Å². The Labute approximate surface area is 123 Å². The lowest BCUT2D eigenvalue weighted by atomic mass is 10.0. The lowest BCUT2D eigenvalue weighted by Crippen LogP contribution is -2.56. The van der Waals surface area contributed by atoms with Crippen molar-refractivity contribution in [3.63, 3.8) is 0 Å². The van der Waals surface area contributed by atoms with Gasteiger partial charge in [0.15, 0.2) is 0 Å². The topological polar surface area (TPSA) is 52.7 Å². The van der Waals surface area contributed by atoms with Crippen molar-refractivity contribution in [3.05, 3.63) is 0 Å². The van der Waals surface area contributed by atoms with Crippen LogP contribution in [0, 0.1) is 0 Å². The van der Waals surface area contributed by atoms with E-state index in [9.17, 15) is 8.42 Å². The molecule has 118 valence electrons. The van der Waals surface area contributed by atoms with E-state index in [0.29, 0.717) is 25.6 Å². The molecule has 0 radical (unpaired) electrons. The maximum atomic E-state index is 12.4. The van der Waals surface area contributed by atoms with Gasteiger partial charge >= 0.3 is 0 Å². The van der Waals surface area contributed by atoms with E-state index in [0.717, 1.165) is 39.0 Å². The molecule has 2 aliphatic rings. The number of rotatable bonds is 7. The minimum absolute atomic E-state index is 0.288. The number of hydrogen-bond acceptors (Lipinski definition) is 4. The Kier molecular flexibility index (Phi) is 6.26. The summed E-state index contributed by atoms with van der Waals surface area (Å²) in [6.45, 7) is 7.36. The first kappa shape index (κ1) is 16.2. The molecule has 2 heterocycles. The standard InChI is InChI=1S/C14H29N3O2S/c1-2-7-15-8-5-12-20(18,19)17-11-10-16-9-4-3-6-14(16)13-17/h14-15H,2-13H2,1H3. The lowest BCUT2D eigenvalue weighted by Gasteiger charge is -2.43. The third-order valence-electron chi connectivity index (χ3n) is 4.38. The first-order valence-corrected chi connectivity index (χ1v) is 9.67. The van der Waals surface area contributed by atoms with Crippen LogP contribution in [0.4, 0.5) is 0 Å². The van der Waals surface area contributed by atoms with Gasteiger partial charge < -0.3 is 5.32 Å². The molecule has 0 aromatic carbocycles. The molecule has 1 N–H and O–H groups in total. The molecular formula is C14H29N3O2S. The fourth-order valence-electron chi connectivity index (χ4n) is 3.19. The van der Waals surface area contributed by atoms with Gasteiger partial charge in [0.1, 0.15) is 0 Å². The van der Waals surface area contributed by atoms with E-state index in [1.807, 2.05) is 0 Å². The van der Waals surface area contributed by atoms with Crippen LogP contribution >= 0.6 is 0 Å². The summed E-state index contributed by atoms with van der Waals surface area (Å²) < 4.78 is 26.5. The van der Waals surface area contributed by atoms with Crippen molar-refractivity contribution < 1.29 is 8.42 Å². The van der Waals surface area contributed by atoms with Gasteiger partial charge in [0.2, 0.25) is 10.0 Å². The third kappa shape index (κ3) is 4.41. The molecule has 5 nitrogen and oxygen atoms in total. The van der Waals surface area contributed by atoms with Crippen molar-refractivity contribution in [2.45, 2.75) is 45.1 Å².